The third kappa shape index (κ3) is 2.35. The van der Waals surface area contributed by atoms with E-state index in [1.165, 1.54) is 0 Å². The van der Waals surface area contributed by atoms with Crippen molar-refractivity contribution in [3.8, 4) is 0 Å². The van der Waals surface area contributed by atoms with Gasteiger partial charge in [0, 0.05) is 30.6 Å². The number of rotatable bonds is 0. The molecule has 8 heteroatoms. The second-order valence-electron chi connectivity index (χ2n) is 8.44. The van der Waals surface area contributed by atoms with E-state index in [4.69, 9.17) is 14.2 Å². The van der Waals surface area contributed by atoms with Crippen molar-refractivity contribution in [2.45, 2.75) is 69.9 Å². The summed E-state index contributed by atoms with van der Waals surface area (Å²) >= 11 is 0. The number of cyclic esters (lactones) is 1. The summed E-state index contributed by atoms with van der Waals surface area (Å²) in [5.41, 5.74) is -2.83. The number of aliphatic hydroxyl groups excluding tert-OH is 2. The van der Waals surface area contributed by atoms with Gasteiger partial charge < -0.3 is 24.4 Å². The number of esters is 3. The minimum atomic E-state index is -1.65. The van der Waals surface area contributed by atoms with Crippen LogP contribution in [0.3, 0.4) is 0 Å². The molecule has 1 saturated carbocycles. The molecular weight excluding hydrogens is 356 g/mol. The van der Waals surface area contributed by atoms with Crippen LogP contribution in [-0.4, -0.2) is 51.5 Å². The summed E-state index contributed by atoms with van der Waals surface area (Å²) in [7, 11) is 0. The first-order valence-corrected chi connectivity index (χ1v) is 9.36. The van der Waals surface area contributed by atoms with E-state index in [2.05, 4.69) is 0 Å². The van der Waals surface area contributed by atoms with Gasteiger partial charge in [0.15, 0.2) is 0 Å². The van der Waals surface area contributed by atoms with Crippen molar-refractivity contribution < 1.29 is 38.8 Å². The molecule has 4 aliphatic heterocycles. The molecule has 5 rings (SSSR count). The fourth-order valence-corrected chi connectivity index (χ4v) is 5.16. The normalized spacial score (nSPS) is 47.0. The quantitative estimate of drug-likeness (QED) is 0.475. The van der Waals surface area contributed by atoms with E-state index in [1.807, 2.05) is 6.92 Å². The molecule has 0 aromatic heterocycles. The van der Waals surface area contributed by atoms with E-state index in [-0.39, 0.29) is 36.5 Å². The highest BCUT2D eigenvalue weighted by molar-refractivity contribution is 5.97. The van der Waals surface area contributed by atoms with Gasteiger partial charge in [-0.05, 0) is 20.3 Å². The Labute approximate surface area is 156 Å². The van der Waals surface area contributed by atoms with Gasteiger partial charge in [-0.1, -0.05) is 6.92 Å². The highest BCUT2D eigenvalue weighted by atomic mass is 16.6. The summed E-state index contributed by atoms with van der Waals surface area (Å²) < 4.78 is 16.4. The van der Waals surface area contributed by atoms with Crippen molar-refractivity contribution in [3.05, 3.63) is 11.3 Å². The van der Waals surface area contributed by atoms with Crippen LogP contribution in [0.15, 0.2) is 11.3 Å². The highest BCUT2D eigenvalue weighted by Gasteiger charge is 2.74. The first-order chi connectivity index (χ1) is 12.6. The SMILES string of the molecule is C[C@H]1CCC(O)=C2C(=O)O[C@]34C[C@H](C)[C@](C)(OC3=O)[C@@H](O)[C@@H]4[C@@H]2CC(=O)O1. The van der Waals surface area contributed by atoms with E-state index in [0.717, 1.165) is 0 Å². The minimum Gasteiger partial charge on any atom is -0.512 e. The standard InChI is InChI=1S/C19H24O8/c1-8-7-19-14(15(22)18(8,3)27-17(19)24)10-6-12(21)25-9(2)4-5-11(20)13(10)16(23)26-19/h8-10,14-15,20,22H,4-7H2,1-3H3/t8-,9-,10+,14-,15-,18-,19-/m0/s1. The number of aliphatic hydroxyl groups is 2. The predicted molar refractivity (Wildman–Crippen MR) is 89.1 cm³/mol. The molecule has 8 nitrogen and oxygen atoms in total. The molecular formula is C19H24O8. The van der Waals surface area contributed by atoms with Gasteiger partial charge >= 0.3 is 17.9 Å². The van der Waals surface area contributed by atoms with Crippen molar-refractivity contribution in [3.63, 3.8) is 0 Å². The van der Waals surface area contributed by atoms with Crippen LogP contribution in [0, 0.1) is 17.8 Å². The van der Waals surface area contributed by atoms with Gasteiger partial charge in [0.05, 0.1) is 18.1 Å². The molecule has 1 spiro atoms. The molecule has 0 aromatic carbocycles. The molecule has 5 aliphatic rings. The molecule has 27 heavy (non-hydrogen) atoms. The summed E-state index contributed by atoms with van der Waals surface area (Å²) in [6.45, 7) is 5.18. The van der Waals surface area contributed by atoms with Crippen LogP contribution in [-0.2, 0) is 28.6 Å². The molecule has 0 unspecified atom stereocenters. The second-order valence-corrected chi connectivity index (χ2v) is 8.44. The zero-order valence-electron chi connectivity index (χ0n) is 15.6. The highest BCUT2D eigenvalue weighted by Crippen LogP contribution is 2.59. The smallest absolute Gasteiger partial charge is 0.351 e. The summed E-state index contributed by atoms with van der Waals surface area (Å²) in [5.74, 6) is -4.24. The lowest BCUT2D eigenvalue weighted by molar-refractivity contribution is -0.296. The predicted octanol–water partition coefficient (Wildman–Crippen LogP) is 1.16. The second kappa shape index (κ2) is 5.70. The Morgan fingerprint density at radius 2 is 1.85 bits per heavy atom. The molecule has 148 valence electrons. The number of ether oxygens (including phenoxy) is 3. The van der Waals surface area contributed by atoms with E-state index in [1.54, 1.807) is 13.8 Å². The van der Waals surface area contributed by atoms with Gasteiger partial charge in [-0.3, -0.25) is 4.79 Å². The molecule has 0 aromatic rings. The number of hydrogen-bond acceptors (Lipinski definition) is 8. The fourth-order valence-electron chi connectivity index (χ4n) is 5.16. The van der Waals surface area contributed by atoms with E-state index in [9.17, 15) is 24.6 Å². The first-order valence-electron chi connectivity index (χ1n) is 9.36. The molecule has 4 heterocycles. The van der Waals surface area contributed by atoms with Gasteiger partial charge in [0.1, 0.15) is 17.5 Å². The average molecular weight is 380 g/mol. The zero-order valence-corrected chi connectivity index (χ0v) is 15.6. The molecule has 3 saturated heterocycles. The third-order valence-corrected chi connectivity index (χ3v) is 6.83. The Morgan fingerprint density at radius 3 is 2.56 bits per heavy atom. The van der Waals surface area contributed by atoms with E-state index >= 15 is 0 Å². The van der Waals surface area contributed by atoms with E-state index < -0.39 is 53.2 Å². The molecule has 0 amide bonds. The maximum absolute atomic E-state index is 12.8. The minimum absolute atomic E-state index is 0.0349. The number of carbonyl (C=O) groups is 3. The molecule has 4 fully saturated rings. The molecule has 7 atom stereocenters. The van der Waals surface area contributed by atoms with Crippen LogP contribution < -0.4 is 0 Å². The van der Waals surface area contributed by atoms with Gasteiger partial charge in [0.2, 0.25) is 5.60 Å². The van der Waals surface area contributed by atoms with Crippen LogP contribution in [0.25, 0.3) is 0 Å². The Hall–Kier alpha value is -2.09. The van der Waals surface area contributed by atoms with Gasteiger partial charge in [-0.25, -0.2) is 9.59 Å². The fraction of sp³-hybridized carbons (Fsp3) is 0.737. The number of allylic oxidation sites excluding steroid dienone is 1. The Kier molecular flexibility index (Phi) is 3.86. The van der Waals surface area contributed by atoms with Crippen molar-refractivity contribution in [2.24, 2.45) is 17.8 Å². The van der Waals surface area contributed by atoms with Crippen LogP contribution in [0.4, 0.5) is 0 Å². The lowest BCUT2D eigenvalue weighted by Crippen LogP contribution is -2.77. The van der Waals surface area contributed by atoms with Crippen LogP contribution in [0.5, 0.6) is 0 Å². The molecule has 1 aliphatic carbocycles. The summed E-state index contributed by atoms with van der Waals surface area (Å²) in [6, 6.07) is 0. The van der Waals surface area contributed by atoms with Crippen LogP contribution >= 0.6 is 0 Å². The number of carbonyl (C=O) groups excluding carboxylic acids is 3. The zero-order chi connectivity index (χ0) is 19.7. The largest absolute Gasteiger partial charge is 0.512 e. The summed E-state index contributed by atoms with van der Waals surface area (Å²) in [6.07, 6.45) is -1.09. The van der Waals surface area contributed by atoms with Gasteiger partial charge in [0.25, 0.3) is 0 Å². The molecule has 2 N–H and O–H groups in total. The van der Waals surface area contributed by atoms with Gasteiger partial charge in [-0.2, -0.15) is 0 Å². The molecule has 2 bridgehead atoms. The molecule has 0 radical (unpaired) electrons. The van der Waals surface area contributed by atoms with Crippen LogP contribution in [0.2, 0.25) is 0 Å². The van der Waals surface area contributed by atoms with Crippen molar-refractivity contribution >= 4 is 17.9 Å². The first kappa shape index (κ1) is 18.3. The average Bonchev–Trinajstić information content (AvgIpc) is 2.60. The maximum Gasteiger partial charge on any atom is 0.351 e. The number of fused-ring (bicyclic) bond motifs is 3. The topological polar surface area (TPSA) is 119 Å². The van der Waals surface area contributed by atoms with E-state index in [0.29, 0.717) is 6.42 Å². The lowest BCUT2D eigenvalue weighted by Gasteiger charge is -2.62. The summed E-state index contributed by atoms with van der Waals surface area (Å²) in [5, 5.41) is 21.6. The Balaban J connectivity index is 1.86. The van der Waals surface area contributed by atoms with Crippen molar-refractivity contribution in [2.75, 3.05) is 0 Å². The monoisotopic (exact) mass is 380 g/mol. The Bertz CT molecular complexity index is 757. The number of hydrogen-bond donors (Lipinski definition) is 2. The van der Waals surface area contributed by atoms with Crippen LogP contribution in [0.1, 0.15) is 46.5 Å². The third-order valence-electron chi connectivity index (χ3n) is 6.83. The summed E-state index contributed by atoms with van der Waals surface area (Å²) in [4.78, 5) is 38.0. The van der Waals surface area contributed by atoms with Crippen molar-refractivity contribution in [1.29, 1.82) is 0 Å². The maximum atomic E-state index is 12.8. The lowest BCUT2D eigenvalue weighted by atomic mass is 9.54. The van der Waals surface area contributed by atoms with Crippen molar-refractivity contribution in [1.82, 2.24) is 0 Å². The Morgan fingerprint density at radius 1 is 1.15 bits per heavy atom. The van der Waals surface area contributed by atoms with Gasteiger partial charge in [-0.15, -0.1) is 0 Å².